The normalized spacial score (nSPS) is 17.9. The summed E-state index contributed by atoms with van der Waals surface area (Å²) in [6, 6.07) is 2.16. The van der Waals surface area contributed by atoms with Crippen molar-refractivity contribution >= 4 is 5.91 Å². The molecule has 20 heavy (non-hydrogen) atoms. The van der Waals surface area contributed by atoms with Crippen molar-refractivity contribution in [3.8, 4) is 0 Å². The molecule has 1 amide bonds. The average molecular weight is 281 g/mol. The molecule has 0 aromatic carbocycles. The van der Waals surface area contributed by atoms with Crippen LogP contribution < -0.4 is 5.32 Å². The van der Waals surface area contributed by atoms with Crippen LogP contribution in [0, 0.1) is 6.92 Å². The Hall–Kier alpha value is -1.40. The molecule has 0 bridgehead atoms. The van der Waals surface area contributed by atoms with Crippen molar-refractivity contribution in [3.63, 3.8) is 0 Å². The summed E-state index contributed by atoms with van der Waals surface area (Å²) >= 11 is 0. The average Bonchev–Trinajstić information content (AvgIpc) is 2.86. The lowest BCUT2D eigenvalue weighted by molar-refractivity contribution is -0.121. The zero-order valence-corrected chi connectivity index (χ0v) is 12.2. The molecule has 1 atom stereocenters. The zero-order valence-electron chi connectivity index (χ0n) is 12.2. The molecule has 1 aromatic rings. The fraction of sp³-hybridized carbons (Fsp3) is 0.714. The molecule has 2 heterocycles. The number of nitrogens with one attached hydrogen (secondary N) is 1. The molecule has 1 fully saturated rings. The van der Waals surface area contributed by atoms with Gasteiger partial charge in [-0.25, -0.2) is 0 Å². The van der Waals surface area contributed by atoms with Crippen LogP contribution in [0.4, 0.5) is 0 Å². The van der Waals surface area contributed by atoms with Gasteiger partial charge in [-0.2, -0.15) is 0 Å². The summed E-state index contributed by atoms with van der Waals surface area (Å²) in [4.78, 5) is 14.3. The number of carbonyl (C=O) groups excluding carboxylic acids is 1. The van der Waals surface area contributed by atoms with Gasteiger partial charge >= 0.3 is 0 Å². The number of aromatic nitrogens is 1. The number of aryl methyl sites for hydroxylation is 1. The third-order valence-electron chi connectivity index (χ3n) is 3.58. The van der Waals surface area contributed by atoms with E-state index in [2.05, 4.69) is 22.3 Å². The Morgan fingerprint density at radius 1 is 1.50 bits per heavy atom. The van der Waals surface area contributed by atoms with Crippen LogP contribution in [0.2, 0.25) is 0 Å². The summed E-state index contributed by atoms with van der Waals surface area (Å²) in [5.74, 6) is 0.590. The van der Waals surface area contributed by atoms with Crippen LogP contribution in [-0.2, 0) is 16.0 Å². The minimum absolute atomic E-state index is 0.0205. The first-order chi connectivity index (χ1) is 9.69. The van der Waals surface area contributed by atoms with Crippen molar-refractivity contribution < 1.29 is 14.1 Å². The summed E-state index contributed by atoms with van der Waals surface area (Å²) in [6.07, 6.45) is 1.27. The van der Waals surface area contributed by atoms with Gasteiger partial charge in [0.2, 0.25) is 5.91 Å². The Morgan fingerprint density at radius 2 is 2.25 bits per heavy atom. The monoisotopic (exact) mass is 281 g/mol. The van der Waals surface area contributed by atoms with E-state index in [9.17, 15) is 4.79 Å². The SMILES string of the molecule is CC[C@@H](CNC(=O)Cc1cc(C)no1)N1CCOCC1. The molecular formula is C14H23N3O3. The molecule has 0 unspecified atom stereocenters. The molecule has 112 valence electrons. The highest BCUT2D eigenvalue weighted by Gasteiger charge is 2.20. The summed E-state index contributed by atoms with van der Waals surface area (Å²) in [5.41, 5.74) is 0.799. The molecule has 1 aliphatic rings. The molecule has 1 saturated heterocycles. The maximum absolute atomic E-state index is 11.9. The maximum atomic E-state index is 11.9. The first-order valence-electron chi connectivity index (χ1n) is 7.19. The molecule has 0 saturated carbocycles. The fourth-order valence-corrected chi connectivity index (χ4v) is 2.43. The van der Waals surface area contributed by atoms with Gasteiger partial charge in [0.25, 0.3) is 0 Å². The minimum atomic E-state index is -0.0205. The van der Waals surface area contributed by atoms with Crippen LogP contribution in [-0.4, -0.2) is 54.9 Å². The van der Waals surface area contributed by atoms with E-state index >= 15 is 0 Å². The van der Waals surface area contributed by atoms with E-state index in [0.717, 1.165) is 38.4 Å². The molecule has 6 nitrogen and oxygen atoms in total. The molecule has 0 radical (unpaired) electrons. The third-order valence-corrected chi connectivity index (χ3v) is 3.58. The lowest BCUT2D eigenvalue weighted by Crippen LogP contribution is -2.48. The van der Waals surface area contributed by atoms with E-state index in [1.54, 1.807) is 6.07 Å². The first kappa shape index (κ1) is 15.0. The number of amides is 1. The highest BCUT2D eigenvalue weighted by molar-refractivity contribution is 5.77. The van der Waals surface area contributed by atoms with Gasteiger partial charge in [0.15, 0.2) is 0 Å². The minimum Gasteiger partial charge on any atom is -0.379 e. The van der Waals surface area contributed by atoms with Crippen molar-refractivity contribution in [2.24, 2.45) is 0 Å². The number of ether oxygens (including phenoxy) is 1. The van der Waals surface area contributed by atoms with Crippen molar-refractivity contribution in [2.45, 2.75) is 32.7 Å². The zero-order chi connectivity index (χ0) is 14.4. The second kappa shape index (κ2) is 7.40. The summed E-state index contributed by atoms with van der Waals surface area (Å²) in [7, 11) is 0. The molecule has 1 N–H and O–H groups in total. The predicted molar refractivity (Wildman–Crippen MR) is 74.4 cm³/mol. The maximum Gasteiger partial charge on any atom is 0.227 e. The predicted octanol–water partition coefficient (Wildman–Crippen LogP) is 0.753. The number of carbonyl (C=O) groups is 1. The Bertz CT molecular complexity index is 427. The van der Waals surface area contributed by atoms with E-state index in [1.807, 2.05) is 6.92 Å². The number of hydrogen-bond donors (Lipinski definition) is 1. The molecule has 0 spiro atoms. The Morgan fingerprint density at radius 3 is 2.85 bits per heavy atom. The summed E-state index contributed by atoms with van der Waals surface area (Å²) in [5, 5.41) is 6.76. The summed E-state index contributed by atoms with van der Waals surface area (Å²) < 4.78 is 10.4. The van der Waals surface area contributed by atoms with Gasteiger partial charge in [0, 0.05) is 31.7 Å². The number of hydrogen-bond acceptors (Lipinski definition) is 5. The van der Waals surface area contributed by atoms with Crippen LogP contribution in [0.25, 0.3) is 0 Å². The van der Waals surface area contributed by atoms with Gasteiger partial charge in [0.05, 0.1) is 25.3 Å². The quantitative estimate of drug-likeness (QED) is 0.833. The van der Waals surface area contributed by atoms with E-state index in [4.69, 9.17) is 9.26 Å². The van der Waals surface area contributed by atoms with E-state index in [0.29, 0.717) is 18.3 Å². The lowest BCUT2D eigenvalue weighted by Gasteiger charge is -2.34. The molecule has 1 aliphatic heterocycles. The van der Waals surface area contributed by atoms with Crippen LogP contribution >= 0.6 is 0 Å². The number of nitrogens with zero attached hydrogens (tertiary/aromatic N) is 2. The van der Waals surface area contributed by atoms with Gasteiger partial charge in [-0.1, -0.05) is 12.1 Å². The van der Waals surface area contributed by atoms with Crippen LogP contribution in [0.1, 0.15) is 24.8 Å². The van der Waals surface area contributed by atoms with Crippen molar-refractivity contribution in [1.82, 2.24) is 15.4 Å². The number of rotatable bonds is 6. The lowest BCUT2D eigenvalue weighted by atomic mass is 10.1. The van der Waals surface area contributed by atoms with Gasteiger partial charge in [-0.15, -0.1) is 0 Å². The highest BCUT2D eigenvalue weighted by atomic mass is 16.5. The topological polar surface area (TPSA) is 67.6 Å². The first-order valence-corrected chi connectivity index (χ1v) is 7.19. The van der Waals surface area contributed by atoms with Gasteiger partial charge in [0.1, 0.15) is 5.76 Å². The second-order valence-electron chi connectivity index (χ2n) is 5.13. The molecular weight excluding hydrogens is 258 g/mol. The second-order valence-corrected chi connectivity index (χ2v) is 5.13. The van der Waals surface area contributed by atoms with Gasteiger partial charge in [-0.05, 0) is 13.3 Å². The fourth-order valence-electron chi connectivity index (χ4n) is 2.43. The number of morpholine rings is 1. The third kappa shape index (κ3) is 4.31. The molecule has 6 heteroatoms. The van der Waals surface area contributed by atoms with Crippen molar-refractivity contribution in [2.75, 3.05) is 32.8 Å². The molecule has 1 aromatic heterocycles. The Labute approximate surface area is 119 Å². The van der Waals surface area contributed by atoms with E-state index in [1.165, 1.54) is 0 Å². The largest absolute Gasteiger partial charge is 0.379 e. The standard InChI is InChI=1S/C14H23N3O3/c1-3-12(17-4-6-19-7-5-17)10-15-14(18)9-13-8-11(2)16-20-13/h8,12H,3-7,9-10H2,1-2H3,(H,15,18)/t12-/m0/s1. The highest BCUT2D eigenvalue weighted by Crippen LogP contribution is 2.07. The van der Waals surface area contributed by atoms with Crippen molar-refractivity contribution in [3.05, 3.63) is 17.5 Å². The van der Waals surface area contributed by atoms with Crippen LogP contribution in [0.3, 0.4) is 0 Å². The van der Waals surface area contributed by atoms with E-state index in [-0.39, 0.29) is 12.3 Å². The Balaban J connectivity index is 1.75. The molecule has 0 aliphatic carbocycles. The van der Waals surface area contributed by atoms with Gasteiger partial charge < -0.3 is 14.6 Å². The summed E-state index contributed by atoms with van der Waals surface area (Å²) in [6.45, 7) is 8.10. The molecule has 2 rings (SSSR count). The van der Waals surface area contributed by atoms with Crippen LogP contribution in [0.15, 0.2) is 10.6 Å². The van der Waals surface area contributed by atoms with Gasteiger partial charge in [-0.3, -0.25) is 9.69 Å². The van der Waals surface area contributed by atoms with Crippen molar-refractivity contribution in [1.29, 1.82) is 0 Å². The van der Waals surface area contributed by atoms with Crippen LogP contribution in [0.5, 0.6) is 0 Å². The van der Waals surface area contributed by atoms with E-state index < -0.39 is 0 Å². The Kier molecular flexibility index (Phi) is 5.55. The smallest absolute Gasteiger partial charge is 0.227 e.